The van der Waals surface area contributed by atoms with Crippen LogP contribution in [0.4, 0.5) is 5.69 Å². The zero-order valence-corrected chi connectivity index (χ0v) is 10.8. The van der Waals surface area contributed by atoms with E-state index in [-0.39, 0.29) is 11.4 Å². The Kier molecular flexibility index (Phi) is 4.35. The number of thioether (sulfide) groups is 1. The van der Waals surface area contributed by atoms with E-state index in [0.717, 1.165) is 6.26 Å². The van der Waals surface area contributed by atoms with Crippen molar-refractivity contribution >= 4 is 33.2 Å². The molecule has 0 spiro atoms. The number of carbonyl (C=O) groups excluding carboxylic acids is 1. The van der Waals surface area contributed by atoms with Gasteiger partial charge in [-0.15, -0.1) is 11.8 Å². The molecule has 17 heavy (non-hydrogen) atoms. The van der Waals surface area contributed by atoms with Crippen molar-refractivity contribution in [1.82, 2.24) is 4.98 Å². The van der Waals surface area contributed by atoms with Crippen LogP contribution in [0.25, 0.3) is 0 Å². The summed E-state index contributed by atoms with van der Waals surface area (Å²) in [6.45, 7) is 0. The van der Waals surface area contributed by atoms with Crippen molar-refractivity contribution in [1.29, 1.82) is 0 Å². The highest BCUT2D eigenvalue weighted by atomic mass is 32.2. The van der Waals surface area contributed by atoms with E-state index in [1.807, 2.05) is 0 Å². The van der Waals surface area contributed by atoms with Crippen LogP contribution in [0.15, 0.2) is 17.2 Å². The van der Waals surface area contributed by atoms with E-state index >= 15 is 0 Å². The molecule has 8 heteroatoms. The van der Waals surface area contributed by atoms with Crippen molar-refractivity contribution in [2.45, 2.75) is 5.03 Å². The molecule has 0 fully saturated rings. The van der Waals surface area contributed by atoms with Crippen LogP contribution in [0, 0.1) is 0 Å². The topological polar surface area (TPSA) is 116 Å². The van der Waals surface area contributed by atoms with E-state index in [4.69, 9.17) is 11.5 Å². The molecule has 1 rings (SSSR count). The Balaban J connectivity index is 2.76. The number of rotatable bonds is 5. The molecule has 0 saturated carbocycles. The van der Waals surface area contributed by atoms with E-state index in [1.165, 1.54) is 23.9 Å². The van der Waals surface area contributed by atoms with Gasteiger partial charge in [-0.3, -0.25) is 4.79 Å². The molecular weight excluding hydrogens is 262 g/mol. The molecule has 1 aromatic heterocycles. The van der Waals surface area contributed by atoms with Crippen molar-refractivity contribution in [3.63, 3.8) is 0 Å². The third kappa shape index (κ3) is 4.61. The smallest absolute Gasteiger partial charge is 0.267 e. The predicted octanol–water partition coefficient (Wildman–Crippen LogP) is -0.101. The second kappa shape index (κ2) is 5.37. The number of nitrogen functional groups attached to an aromatic ring is 1. The van der Waals surface area contributed by atoms with E-state index in [1.54, 1.807) is 0 Å². The van der Waals surface area contributed by atoms with Gasteiger partial charge in [0.1, 0.15) is 20.6 Å². The lowest BCUT2D eigenvalue weighted by molar-refractivity contribution is 0.0995. The number of hydrogen-bond acceptors (Lipinski definition) is 6. The van der Waals surface area contributed by atoms with Gasteiger partial charge >= 0.3 is 0 Å². The van der Waals surface area contributed by atoms with Gasteiger partial charge in [0, 0.05) is 12.0 Å². The molecule has 0 bridgehead atoms. The van der Waals surface area contributed by atoms with Crippen molar-refractivity contribution < 1.29 is 13.2 Å². The highest BCUT2D eigenvalue weighted by molar-refractivity contribution is 8.00. The average Bonchev–Trinajstić information content (AvgIpc) is 2.18. The fourth-order valence-corrected chi connectivity index (χ4v) is 3.13. The number of nitrogens with zero attached hydrogens (tertiary/aromatic N) is 1. The summed E-state index contributed by atoms with van der Waals surface area (Å²) in [5.74, 6) is -0.285. The van der Waals surface area contributed by atoms with Crippen molar-refractivity contribution in [3.8, 4) is 0 Å². The molecule has 4 N–H and O–H groups in total. The highest BCUT2D eigenvalue weighted by Gasteiger charge is 2.09. The maximum absolute atomic E-state index is 10.9. The predicted molar refractivity (Wildman–Crippen MR) is 67.6 cm³/mol. The Labute approximate surface area is 104 Å². The zero-order valence-electron chi connectivity index (χ0n) is 9.21. The SMILES string of the molecule is CS(=O)(=O)CCSc1nc(C(N)=O)ccc1N. The summed E-state index contributed by atoms with van der Waals surface area (Å²) < 4.78 is 21.9. The van der Waals surface area contributed by atoms with E-state index < -0.39 is 15.7 Å². The van der Waals surface area contributed by atoms with Gasteiger partial charge in [-0.2, -0.15) is 0 Å². The van der Waals surface area contributed by atoms with Crippen molar-refractivity contribution in [2.24, 2.45) is 5.73 Å². The standard InChI is InChI=1S/C9H13N3O3S2/c1-17(14,15)5-4-16-9-6(10)2-3-7(12-9)8(11)13/h2-3H,4-5,10H2,1H3,(H2,11,13). The first-order chi connectivity index (χ1) is 7.79. The quantitative estimate of drug-likeness (QED) is 0.725. The van der Waals surface area contributed by atoms with Gasteiger partial charge < -0.3 is 11.5 Å². The third-order valence-corrected chi connectivity index (χ3v) is 4.05. The molecule has 0 unspecified atom stereocenters. The Hall–Kier alpha value is -1.28. The number of amides is 1. The lowest BCUT2D eigenvalue weighted by Gasteiger charge is -2.05. The second-order valence-corrected chi connectivity index (χ2v) is 6.78. The molecule has 0 aliphatic carbocycles. The number of sulfone groups is 1. The van der Waals surface area contributed by atoms with Crippen molar-refractivity contribution in [3.05, 3.63) is 17.8 Å². The van der Waals surface area contributed by atoms with Crippen LogP contribution in [0.1, 0.15) is 10.5 Å². The highest BCUT2D eigenvalue weighted by Crippen LogP contribution is 2.22. The fraction of sp³-hybridized carbons (Fsp3) is 0.333. The molecular formula is C9H13N3O3S2. The van der Waals surface area contributed by atoms with Crippen molar-refractivity contribution in [2.75, 3.05) is 23.5 Å². The maximum Gasteiger partial charge on any atom is 0.267 e. The Morgan fingerprint density at radius 1 is 1.47 bits per heavy atom. The Morgan fingerprint density at radius 2 is 2.12 bits per heavy atom. The zero-order chi connectivity index (χ0) is 13.1. The second-order valence-electron chi connectivity index (χ2n) is 3.43. The van der Waals surface area contributed by atoms with Gasteiger partial charge in [0.15, 0.2) is 0 Å². The first kappa shape index (κ1) is 13.8. The summed E-state index contributed by atoms with van der Waals surface area (Å²) in [5, 5.41) is 0.421. The molecule has 0 aliphatic rings. The first-order valence-corrected chi connectivity index (χ1v) is 7.71. The number of hydrogen-bond donors (Lipinski definition) is 2. The molecule has 6 nitrogen and oxygen atoms in total. The van der Waals surface area contributed by atoms with Crippen LogP contribution < -0.4 is 11.5 Å². The average molecular weight is 275 g/mol. The van der Waals surface area contributed by atoms with Crippen LogP contribution in [0.5, 0.6) is 0 Å². The van der Waals surface area contributed by atoms with E-state index in [9.17, 15) is 13.2 Å². The minimum Gasteiger partial charge on any atom is -0.397 e. The number of aromatic nitrogens is 1. The number of primary amides is 1. The van der Waals surface area contributed by atoms with Gasteiger partial charge in [0.05, 0.1) is 11.4 Å². The molecule has 1 aromatic rings. The lowest BCUT2D eigenvalue weighted by atomic mass is 10.3. The maximum atomic E-state index is 10.9. The minimum atomic E-state index is -3.01. The summed E-state index contributed by atoms with van der Waals surface area (Å²) in [4.78, 5) is 14.9. The van der Waals surface area contributed by atoms with Gasteiger partial charge in [-0.05, 0) is 12.1 Å². The molecule has 94 valence electrons. The summed E-state index contributed by atoms with van der Waals surface area (Å²) >= 11 is 1.18. The molecule has 1 heterocycles. The van der Waals surface area contributed by atoms with Gasteiger partial charge in [0.25, 0.3) is 5.91 Å². The minimum absolute atomic E-state index is 0.0274. The first-order valence-electron chi connectivity index (χ1n) is 4.66. The molecule has 0 atom stereocenters. The Bertz CT molecular complexity index is 528. The molecule has 0 aromatic carbocycles. The summed E-state index contributed by atoms with van der Waals surface area (Å²) in [5.41, 5.74) is 11.2. The number of pyridine rings is 1. The molecule has 0 aliphatic heterocycles. The van der Waals surface area contributed by atoms with Crippen LogP contribution in [-0.2, 0) is 9.84 Å². The molecule has 1 amide bonds. The number of carbonyl (C=O) groups is 1. The van der Waals surface area contributed by atoms with Crippen LogP contribution in [-0.4, -0.2) is 37.1 Å². The van der Waals surface area contributed by atoms with Gasteiger partial charge in [-0.1, -0.05) is 0 Å². The third-order valence-electron chi connectivity index (χ3n) is 1.84. The Morgan fingerprint density at radius 3 is 2.65 bits per heavy atom. The summed E-state index contributed by atoms with van der Waals surface area (Å²) in [6, 6.07) is 2.95. The van der Waals surface area contributed by atoms with Crippen LogP contribution >= 0.6 is 11.8 Å². The van der Waals surface area contributed by atoms with E-state index in [2.05, 4.69) is 4.98 Å². The largest absolute Gasteiger partial charge is 0.397 e. The van der Waals surface area contributed by atoms with Gasteiger partial charge in [-0.25, -0.2) is 13.4 Å². The van der Waals surface area contributed by atoms with Crippen LogP contribution in [0.3, 0.4) is 0 Å². The normalized spacial score (nSPS) is 11.4. The molecule has 0 radical (unpaired) electrons. The number of nitrogens with two attached hydrogens (primary N) is 2. The van der Waals surface area contributed by atoms with E-state index in [0.29, 0.717) is 16.5 Å². The number of anilines is 1. The summed E-state index contributed by atoms with van der Waals surface area (Å²) in [7, 11) is -3.01. The summed E-state index contributed by atoms with van der Waals surface area (Å²) in [6.07, 6.45) is 1.16. The fourth-order valence-electron chi connectivity index (χ4n) is 0.994. The van der Waals surface area contributed by atoms with Crippen LogP contribution in [0.2, 0.25) is 0 Å². The van der Waals surface area contributed by atoms with Gasteiger partial charge in [0.2, 0.25) is 0 Å². The lowest BCUT2D eigenvalue weighted by Crippen LogP contribution is -2.14. The monoisotopic (exact) mass is 275 g/mol. The molecule has 0 saturated heterocycles.